The Balaban J connectivity index is 1.65. The fourth-order valence-electron chi connectivity index (χ4n) is 2.20. The number of carbonyl (C=O) groups is 1. The van der Waals surface area contributed by atoms with Gasteiger partial charge < -0.3 is 10.1 Å². The van der Waals surface area contributed by atoms with Crippen molar-refractivity contribution in [2.24, 2.45) is 0 Å². The lowest BCUT2D eigenvalue weighted by Crippen LogP contribution is -2.16. The summed E-state index contributed by atoms with van der Waals surface area (Å²) < 4.78 is 5.57. The van der Waals surface area contributed by atoms with E-state index in [1.54, 1.807) is 0 Å². The van der Waals surface area contributed by atoms with Crippen molar-refractivity contribution in [3.05, 3.63) is 40.9 Å². The Labute approximate surface area is 115 Å². The number of aromatic nitrogens is 1. The first-order chi connectivity index (χ1) is 9.22. The van der Waals surface area contributed by atoms with Crippen LogP contribution in [0.2, 0.25) is 0 Å². The summed E-state index contributed by atoms with van der Waals surface area (Å²) in [4.78, 5) is 16.2. The number of aryl methyl sites for hydroxylation is 1. The molecule has 98 valence electrons. The highest BCUT2D eigenvalue weighted by atomic mass is 32.1. The number of amides is 1. The molecule has 0 aliphatic carbocycles. The molecule has 5 heteroatoms. The molecule has 1 unspecified atom stereocenters. The van der Waals surface area contributed by atoms with Crippen LogP contribution < -0.4 is 10.1 Å². The van der Waals surface area contributed by atoms with Gasteiger partial charge in [-0.15, -0.1) is 11.3 Å². The summed E-state index contributed by atoms with van der Waals surface area (Å²) in [5.41, 5.74) is 2.04. The largest absolute Gasteiger partial charge is 0.493 e. The molecule has 2 heterocycles. The highest BCUT2D eigenvalue weighted by Crippen LogP contribution is 2.35. The third-order valence-corrected chi connectivity index (χ3v) is 3.97. The Bertz CT molecular complexity index is 609. The molecule has 2 aromatic rings. The molecule has 1 aliphatic rings. The van der Waals surface area contributed by atoms with E-state index >= 15 is 0 Å². The summed E-state index contributed by atoms with van der Waals surface area (Å²) in [7, 11) is 0. The Morgan fingerprint density at radius 3 is 3.16 bits per heavy atom. The number of para-hydroxylation sites is 1. The molecule has 0 spiro atoms. The van der Waals surface area contributed by atoms with Crippen molar-refractivity contribution in [3.8, 4) is 5.75 Å². The Morgan fingerprint density at radius 2 is 2.37 bits per heavy atom. The number of hydrogen-bond donors (Lipinski definition) is 1. The number of nitrogens with zero attached hydrogens (tertiary/aromatic N) is 1. The second-order valence-corrected chi connectivity index (χ2v) is 5.45. The van der Waals surface area contributed by atoms with Crippen molar-refractivity contribution in [2.45, 2.75) is 19.3 Å². The molecule has 0 fully saturated rings. The van der Waals surface area contributed by atoms with Crippen molar-refractivity contribution >= 4 is 22.4 Å². The van der Waals surface area contributed by atoms with Crippen LogP contribution in [0.15, 0.2) is 29.6 Å². The molecule has 4 nitrogen and oxygen atoms in total. The molecule has 1 atom stereocenters. The van der Waals surface area contributed by atoms with E-state index in [9.17, 15) is 4.79 Å². The number of ether oxygens (including phenoxy) is 1. The molecule has 1 N–H and O–H groups in total. The summed E-state index contributed by atoms with van der Waals surface area (Å²) in [6.07, 6.45) is 0.426. The summed E-state index contributed by atoms with van der Waals surface area (Å²) in [6, 6.07) is 7.88. The topological polar surface area (TPSA) is 51.2 Å². The van der Waals surface area contributed by atoms with E-state index < -0.39 is 0 Å². The van der Waals surface area contributed by atoms with E-state index in [0.717, 1.165) is 17.0 Å². The van der Waals surface area contributed by atoms with Gasteiger partial charge in [-0.2, -0.15) is 0 Å². The maximum absolute atomic E-state index is 12.0. The first-order valence-electron chi connectivity index (χ1n) is 6.16. The molecule has 3 rings (SSSR count). The zero-order valence-corrected chi connectivity index (χ0v) is 11.4. The highest BCUT2D eigenvalue weighted by molar-refractivity contribution is 7.13. The summed E-state index contributed by atoms with van der Waals surface area (Å²) in [5, 5.41) is 5.42. The van der Waals surface area contributed by atoms with Gasteiger partial charge in [0.05, 0.1) is 12.3 Å². The fraction of sp³-hybridized carbons (Fsp3) is 0.286. The summed E-state index contributed by atoms with van der Waals surface area (Å²) in [6.45, 7) is 2.48. The van der Waals surface area contributed by atoms with E-state index in [1.807, 2.05) is 36.6 Å². The average Bonchev–Trinajstić information content (AvgIpc) is 2.97. The van der Waals surface area contributed by atoms with Crippen LogP contribution in [0.5, 0.6) is 5.75 Å². The SMILES string of the molecule is Cc1csc(NC(=O)CC2COc3ccccc32)n1. The van der Waals surface area contributed by atoms with Gasteiger partial charge in [-0.3, -0.25) is 4.79 Å². The lowest BCUT2D eigenvalue weighted by atomic mass is 9.98. The van der Waals surface area contributed by atoms with Crippen molar-refractivity contribution in [1.29, 1.82) is 0 Å². The first kappa shape index (κ1) is 12.2. The molecule has 0 saturated heterocycles. The number of nitrogens with one attached hydrogen (secondary N) is 1. The van der Waals surface area contributed by atoms with Crippen LogP contribution in [-0.4, -0.2) is 17.5 Å². The van der Waals surface area contributed by atoms with Gasteiger partial charge in [-0.05, 0) is 13.0 Å². The summed E-state index contributed by atoms with van der Waals surface area (Å²) in [5.74, 6) is 1.02. The Kier molecular flexibility index (Phi) is 3.21. The van der Waals surface area contributed by atoms with Crippen LogP contribution in [-0.2, 0) is 4.79 Å². The number of benzene rings is 1. The van der Waals surface area contributed by atoms with Gasteiger partial charge in [0.15, 0.2) is 5.13 Å². The van der Waals surface area contributed by atoms with Crippen molar-refractivity contribution in [1.82, 2.24) is 4.98 Å². The first-order valence-corrected chi connectivity index (χ1v) is 7.04. The maximum atomic E-state index is 12.0. The molecular weight excluding hydrogens is 260 g/mol. The minimum Gasteiger partial charge on any atom is -0.493 e. The smallest absolute Gasteiger partial charge is 0.226 e. The Hall–Kier alpha value is -1.88. The van der Waals surface area contributed by atoms with E-state index in [0.29, 0.717) is 18.2 Å². The molecule has 1 amide bonds. The standard InChI is InChI=1S/C14H14N2O2S/c1-9-8-19-14(15-9)16-13(17)6-10-7-18-12-5-3-2-4-11(10)12/h2-5,8,10H,6-7H2,1H3,(H,15,16,17). The number of carbonyl (C=O) groups excluding carboxylic acids is 1. The zero-order valence-electron chi connectivity index (χ0n) is 10.6. The van der Waals surface area contributed by atoms with Crippen LogP contribution >= 0.6 is 11.3 Å². The second kappa shape index (κ2) is 5.01. The number of thiazole rings is 1. The number of fused-ring (bicyclic) bond motifs is 1. The third kappa shape index (κ3) is 2.61. The minimum atomic E-state index is -0.0142. The van der Waals surface area contributed by atoms with Crippen LogP contribution in [0.4, 0.5) is 5.13 Å². The van der Waals surface area contributed by atoms with Crippen molar-refractivity contribution in [3.63, 3.8) is 0 Å². The molecule has 0 radical (unpaired) electrons. The predicted octanol–water partition coefficient (Wildman–Crippen LogP) is 2.96. The quantitative estimate of drug-likeness (QED) is 0.936. The lowest BCUT2D eigenvalue weighted by molar-refractivity contribution is -0.116. The molecule has 1 aromatic carbocycles. The van der Waals surface area contributed by atoms with Gasteiger partial charge in [0, 0.05) is 23.3 Å². The van der Waals surface area contributed by atoms with Gasteiger partial charge in [0.1, 0.15) is 5.75 Å². The van der Waals surface area contributed by atoms with Crippen LogP contribution in [0.1, 0.15) is 23.6 Å². The second-order valence-electron chi connectivity index (χ2n) is 4.59. The van der Waals surface area contributed by atoms with Crippen LogP contribution in [0.25, 0.3) is 0 Å². The number of rotatable bonds is 3. The monoisotopic (exact) mass is 274 g/mol. The van der Waals surface area contributed by atoms with Crippen molar-refractivity contribution < 1.29 is 9.53 Å². The average molecular weight is 274 g/mol. The molecule has 1 aliphatic heterocycles. The number of anilines is 1. The normalized spacial score (nSPS) is 16.8. The maximum Gasteiger partial charge on any atom is 0.226 e. The molecule has 1 aromatic heterocycles. The lowest BCUT2D eigenvalue weighted by Gasteiger charge is -2.07. The summed E-state index contributed by atoms with van der Waals surface area (Å²) >= 11 is 1.45. The van der Waals surface area contributed by atoms with E-state index in [1.165, 1.54) is 11.3 Å². The fourth-order valence-corrected chi connectivity index (χ4v) is 2.91. The van der Waals surface area contributed by atoms with Gasteiger partial charge >= 0.3 is 0 Å². The van der Waals surface area contributed by atoms with Crippen LogP contribution in [0.3, 0.4) is 0 Å². The van der Waals surface area contributed by atoms with E-state index in [2.05, 4.69) is 10.3 Å². The van der Waals surface area contributed by atoms with Gasteiger partial charge in [-0.1, -0.05) is 18.2 Å². The Morgan fingerprint density at radius 1 is 1.53 bits per heavy atom. The minimum absolute atomic E-state index is 0.0142. The van der Waals surface area contributed by atoms with Crippen LogP contribution in [0, 0.1) is 6.92 Å². The van der Waals surface area contributed by atoms with Gasteiger partial charge in [0.2, 0.25) is 5.91 Å². The van der Waals surface area contributed by atoms with E-state index in [4.69, 9.17) is 4.74 Å². The predicted molar refractivity (Wildman–Crippen MR) is 74.8 cm³/mol. The molecule has 19 heavy (non-hydrogen) atoms. The van der Waals surface area contributed by atoms with Crippen molar-refractivity contribution in [2.75, 3.05) is 11.9 Å². The molecule has 0 saturated carbocycles. The van der Waals surface area contributed by atoms with E-state index in [-0.39, 0.29) is 11.8 Å². The molecule has 0 bridgehead atoms. The number of hydrogen-bond acceptors (Lipinski definition) is 4. The van der Waals surface area contributed by atoms with Gasteiger partial charge in [0.25, 0.3) is 0 Å². The zero-order chi connectivity index (χ0) is 13.2. The third-order valence-electron chi connectivity index (χ3n) is 3.10. The molecular formula is C14H14N2O2S. The van der Waals surface area contributed by atoms with Gasteiger partial charge in [-0.25, -0.2) is 4.98 Å². The highest BCUT2D eigenvalue weighted by Gasteiger charge is 2.26.